The maximum absolute atomic E-state index is 11.7. The van der Waals surface area contributed by atoms with Crippen molar-refractivity contribution >= 4 is 5.78 Å². The molecule has 0 N–H and O–H groups in total. The Hall–Kier alpha value is -1.77. The monoisotopic (exact) mass is 190 g/mol. The molecule has 0 aromatic heterocycles. The average molecular weight is 190 g/mol. The third kappa shape index (κ3) is 1.62. The normalized spacial score (nSPS) is 19.5. The zero-order valence-corrected chi connectivity index (χ0v) is 7.77. The second kappa shape index (κ2) is 3.54. The van der Waals surface area contributed by atoms with Crippen LogP contribution < -0.4 is 0 Å². The van der Waals surface area contributed by atoms with Gasteiger partial charge in [-0.05, 0) is 0 Å². The molecule has 0 bridgehead atoms. The third-order valence-corrected chi connectivity index (χ3v) is 1.92. The van der Waals surface area contributed by atoms with E-state index in [0.717, 1.165) is 0 Å². The zero-order chi connectivity index (χ0) is 9.97. The lowest BCUT2D eigenvalue weighted by Crippen LogP contribution is -2.07. The van der Waals surface area contributed by atoms with Gasteiger partial charge in [0.05, 0.1) is 0 Å². The predicted molar refractivity (Wildman–Crippen MR) is 50.5 cm³/mol. The van der Waals surface area contributed by atoms with Gasteiger partial charge in [-0.3, -0.25) is 4.79 Å². The lowest BCUT2D eigenvalue weighted by Gasteiger charge is -2.04. The molecule has 0 saturated carbocycles. The van der Waals surface area contributed by atoms with E-state index in [1.807, 2.05) is 18.2 Å². The fourth-order valence-corrected chi connectivity index (χ4v) is 1.23. The molecule has 0 aliphatic carbocycles. The maximum Gasteiger partial charge on any atom is 0.238 e. The Labute approximate surface area is 81.9 Å². The van der Waals surface area contributed by atoms with Crippen LogP contribution in [0.3, 0.4) is 0 Å². The Balaban J connectivity index is 2.18. The van der Waals surface area contributed by atoms with Gasteiger partial charge in [-0.1, -0.05) is 30.3 Å². The van der Waals surface area contributed by atoms with Crippen LogP contribution in [-0.2, 0) is 9.47 Å². The van der Waals surface area contributed by atoms with Crippen molar-refractivity contribution in [2.75, 3.05) is 0 Å². The van der Waals surface area contributed by atoms with Gasteiger partial charge in [0.1, 0.15) is 6.26 Å². The highest BCUT2D eigenvalue weighted by Crippen LogP contribution is 2.17. The first kappa shape index (κ1) is 8.81. The fourth-order valence-electron chi connectivity index (χ4n) is 1.23. The molecule has 0 radical (unpaired) electrons. The Bertz CT molecular complexity index is 367. The van der Waals surface area contributed by atoms with E-state index in [4.69, 9.17) is 9.47 Å². The van der Waals surface area contributed by atoms with Gasteiger partial charge in [-0.25, -0.2) is 0 Å². The summed E-state index contributed by atoms with van der Waals surface area (Å²) in [6.07, 6.45) is 0.998. The van der Waals surface area contributed by atoms with Gasteiger partial charge in [-0.2, -0.15) is 0 Å². The van der Waals surface area contributed by atoms with E-state index >= 15 is 0 Å². The van der Waals surface area contributed by atoms with E-state index < -0.39 is 0 Å². The largest absolute Gasteiger partial charge is 0.459 e. The summed E-state index contributed by atoms with van der Waals surface area (Å²) in [5.41, 5.74) is 0.608. The Kier molecular flexibility index (Phi) is 2.23. The van der Waals surface area contributed by atoms with Crippen molar-refractivity contribution in [3.05, 3.63) is 47.9 Å². The van der Waals surface area contributed by atoms with Crippen molar-refractivity contribution in [3.63, 3.8) is 0 Å². The van der Waals surface area contributed by atoms with Crippen LogP contribution in [0.1, 0.15) is 17.3 Å². The molecule has 1 aromatic carbocycles. The van der Waals surface area contributed by atoms with Gasteiger partial charge in [0.15, 0.2) is 0 Å². The Morgan fingerprint density at radius 2 is 2.00 bits per heavy atom. The van der Waals surface area contributed by atoms with Crippen LogP contribution in [0.15, 0.2) is 42.4 Å². The first-order valence-corrected chi connectivity index (χ1v) is 4.39. The summed E-state index contributed by atoms with van der Waals surface area (Å²) in [6.45, 7) is 1.74. The number of rotatable bonds is 2. The number of benzene rings is 1. The molecule has 0 spiro atoms. The van der Waals surface area contributed by atoms with E-state index in [0.29, 0.717) is 5.56 Å². The second-order valence-corrected chi connectivity index (χ2v) is 3.00. The molecule has 1 aliphatic rings. The standard InChI is InChI=1S/C11H10O3/c1-8-13-7-10(14-8)11(12)9-5-3-2-4-6-9/h2-8H,1H3. The molecule has 1 unspecified atom stereocenters. The van der Waals surface area contributed by atoms with Crippen LogP contribution in [0.5, 0.6) is 0 Å². The zero-order valence-electron chi connectivity index (χ0n) is 7.77. The summed E-state index contributed by atoms with van der Waals surface area (Å²) in [6, 6.07) is 8.98. The van der Waals surface area contributed by atoms with E-state index in [9.17, 15) is 4.79 Å². The van der Waals surface area contributed by atoms with Crippen LogP contribution in [0.4, 0.5) is 0 Å². The summed E-state index contributed by atoms with van der Waals surface area (Å²) in [4.78, 5) is 11.7. The third-order valence-electron chi connectivity index (χ3n) is 1.92. The molecule has 2 rings (SSSR count). The van der Waals surface area contributed by atoms with Gasteiger partial charge >= 0.3 is 0 Å². The minimum absolute atomic E-state index is 0.144. The summed E-state index contributed by atoms with van der Waals surface area (Å²) < 4.78 is 10.2. The summed E-state index contributed by atoms with van der Waals surface area (Å²) in [7, 11) is 0. The highest BCUT2D eigenvalue weighted by atomic mass is 16.7. The maximum atomic E-state index is 11.7. The average Bonchev–Trinajstić information content (AvgIpc) is 2.65. The first-order valence-electron chi connectivity index (χ1n) is 4.39. The number of ether oxygens (including phenoxy) is 2. The van der Waals surface area contributed by atoms with Crippen LogP contribution in [0, 0.1) is 0 Å². The van der Waals surface area contributed by atoms with Crippen molar-refractivity contribution in [1.29, 1.82) is 0 Å². The quantitative estimate of drug-likeness (QED) is 0.670. The van der Waals surface area contributed by atoms with Gasteiger partial charge in [0, 0.05) is 12.5 Å². The summed E-state index contributed by atoms with van der Waals surface area (Å²) >= 11 is 0. The molecular formula is C11H10O3. The lowest BCUT2D eigenvalue weighted by molar-refractivity contribution is -0.0144. The number of carbonyl (C=O) groups is 1. The molecule has 1 aliphatic heterocycles. The van der Waals surface area contributed by atoms with Crippen molar-refractivity contribution in [1.82, 2.24) is 0 Å². The number of allylic oxidation sites excluding steroid dienone is 1. The number of hydrogen-bond donors (Lipinski definition) is 0. The SMILES string of the molecule is CC1OC=C(C(=O)c2ccccc2)O1. The van der Waals surface area contributed by atoms with E-state index in [-0.39, 0.29) is 17.8 Å². The van der Waals surface area contributed by atoms with Crippen LogP contribution in [0.25, 0.3) is 0 Å². The molecule has 1 heterocycles. The number of hydrogen-bond acceptors (Lipinski definition) is 3. The molecular weight excluding hydrogens is 180 g/mol. The van der Waals surface area contributed by atoms with Gasteiger partial charge in [-0.15, -0.1) is 0 Å². The first-order chi connectivity index (χ1) is 6.77. The topological polar surface area (TPSA) is 35.5 Å². The molecule has 3 heteroatoms. The minimum Gasteiger partial charge on any atom is -0.459 e. The van der Waals surface area contributed by atoms with Crippen LogP contribution in [-0.4, -0.2) is 12.1 Å². The van der Waals surface area contributed by atoms with Crippen molar-refractivity contribution < 1.29 is 14.3 Å². The lowest BCUT2D eigenvalue weighted by atomic mass is 10.1. The van der Waals surface area contributed by atoms with Crippen molar-refractivity contribution in [3.8, 4) is 0 Å². The van der Waals surface area contributed by atoms with Gasteiger partial charge in [0.2, 0.25) is 17.8 Å². The van der Waals surface area contributed by atoms with Crippen molar-refractivity contribution in [2.45, 2.75) is 13.2 Å². The Morgan fingerprint density at radius 3 is 2.57 bits per heavy atom. The number of ketones is 1. The highest BCUT2D eigenvalue weighted by Gasteiger charge is 2.21. The molecule has 1 atom stereocenters. The molecule has 1 aromatic rings. The number of carbonyl (C=O) groups excluding carboxylic acids is 1. The molecule has 0 amide bonds. The Morgan fingerprint density at radius 1 is 1.29 bits per heavy atom. The fraction of sp³-hybridized carbons (Fsp3) is 0.182. The molecule has 14 heavy (non-hydrogen) atoms. The summed E-state index contributed by atoms with van der Waals surface area (Å²) in [5, 5.41) is 0. The number of Topliss-reactive ketones (excluding diaryl/α,β-unsaturated/α-hetero) is 1. The van der Waals surface area contributed by atoms with Gasteiger partial charge in [0.25, 0.3) is 0 Å². The second-order valence-electron chi connectivity index (χ2n) is 3.00. The van der Waals surface area contributed by atoms with E-state index in [1.54, 1.807) is 19.1 Å². The smallest absolute Gasteiger partial charge is 0.238 e. The predicted octanol–water partition coefficient (Wildman–Crippen LogP) is 2.10. The minimum atomic E-state index is -0.363. The molecule has 3 nitrogen and oxygen atoms in total. The molecule has 0 saturated heterocycles. The highest BCUT2D eigenvalue weighted by molar-refractivity contribution is 6.07. The van der Waals surface area contributed by atoms with Gasteiger partial charge < -0.3 is 9.47 Å². The van der Waals surface area contributed by atoms with Crippen molar-refractivity contribution in [2.24, 2.45) is 0 Å². The molecule has 0 fully saturated rings. The van der Waals surface area contributed by atoms with Crippen LogP contribution >= 0.6 is 0 Å². The van der Waals surface area contributed by atoms with E-state index in [1.165, 1.54) is 6.26 Å². The molecule has 72 valence electrons. The summed E-state index contributed by atoms with van der Waals surface area (Å²) in [5.74, 6) is 0.124. The van der Waals surface area contributed by atoms with Crippen LogP contribution in [0.2, 0.25) is 0 Å². The van der Waals surface area contributed by atoms with E-state index in [2.05, 4.69) is 0 Å².